The van der Waals surface area contributed by atoms with Crippen LogP contribution in [0.1, 0.15) is 64.2 Å². The third kappa shape index (κ3) is 5.38. The van der Waals surface area contributed by atoms with Crippen LogP contribution in [0.3, 0.4) is 0 Å². The summed E-state index contributed by atoms with van der Waals surface area (Å²) in [5.74, 6) is 2.61. The molecule has 0 N–H and O–H groups in total. The van der Waals surface area contributed by atoms with E-state index in [2.05, 4.69) is 0 Å². The Labute approximate surface area is 158 Å². The first kappa shape index (κ1) is 21.1. The molecule has 0 spiro atoms. The molecule has 2 nitrogen and oxygen atoms in total. The Morgan fingerprint density at radius 1 is 0.800 bits per heavy atom. The maximum absolute atomic E-state index is 5.91. The van der Waals surface area contributed by atoms with E-state index >= 15 is 0 Å². The van der Waals surface area contributed by atoms with Gasteiger partial charge >= 0.3 is 20.4 Å². The molecule has 1 aliphatic heterocycles. The summed E-state index contributed by atoms with van der Waals surface area (Å²) in [6.45, 7) is 0.885. The van der Waals surface area contributed by atoms with Crippen molar-refractivity contribution < 1.29 is 59.1 Å². The van der Waals surface area contributed by atoms with Crippen molar-refractivity contribution in [2.75, 3.05) is 6.61 Å². The van der Waals surface area contributed by atoms with Crippen LogP contribution in [0.4, 0.5) is 0 Å². The van der Waals surface area contributed by atoms with Crippen molar-refractivity contribution in [2.45, 2.75) is 70.3 Å². The van der Waals surface area contributed by atoms with E-state index in [4.69, 9.17) is 9.73 Å². The Hall–Kier alpha value is 1.09. The molecular formula is C15H25Br2NOPd. The van der Waals surface area contributed by atoms with E-state index in [-0.39, 0.29) is 54.4 Å². The van der Waals surface area contributed by atoms with Crippen LogP contribution in [-0.2, 0) is 25.2 Å². The molecule has 20 heavy (non-hydrogen) atoms. The Balaban J connectivity index is 0.00000120. The number of halogens is 2. The molecule has 2 saturated carbocycles. The van der Waals surface area contributed by atoms with Gasteiger partial charge in [0.2, 0.25) is 0 Å². The van der Waals surface area contributed by atoms with Crippen molar-refractivity contribution >= 4 is 5.90 Å². The van der Waals surface area contributed by atoms with E-state index in [1.54, 1.807) is 0 Å². The normalized spacial score (nSPS) is 27.4. The third-order valence-corrected chi connectivity index (χ3v) is 4.84. The number of rotatable bonds is 2. The molecule has 1 unspecified atom stereocenters. The summed E-state index contributed by atoms with van der Waals surface area (Å²) in [7, 11) is 0. The van der Waals surface area contributed by atoms with E-state index in [1.807, 2.05) is 0 Å². The molecule has 3 rings (SSSR count). The Morgan fingerprint density at radius 2 is 1.35 bits per heavy atom. The van der Waals surface area contributed by atoms with Gasteiger partial charge in [0.05, 0.1) is 6.04 Å². The molecule has 0 amide bonds. The minimum atomic E-state index is 0. The van der Waals surface area contributed by atoms with Crippen LogP contribution in [0.25, 0.3) is 0 Å². The number of hydrogen-bond donors (Lipinski definition) is 0. The minimum Gasteiger partial charge on any atom is -1.00 e. The van der Waals surface area contributed by atoms with Crippen molar-refractivity contribution in [3.8, 4) is 0 Å². The van der Waals surface area contributed by atoms with Crippen molar-refractivity contribution in [2.24, 2.45) is 16.8 Å². The van der Waals surface area contributed by atoms with Crippen LogP contribution >= 0.6 is 0 Å². The topological polar surface area (TPSA) is 21.6 Å². The Morgan fingerprint density at radius 3 is 1.95 bits per heavy atom. The van der Waals surface area contributed by atoms with E-state index in [0.29, 0.717) is 12.0 Å². The summed E-state index contributed by atoms with van der Waals surface area (Å²) in [6, 6.07) is 0.507. The summed E-state index contributed by atoms with van der Waals surface area (Å²) in [4.78, 5) is 4.93. The van der Waals surface area contributed by atoms with E-state index in [1.165, 1.54) is 64.2 Å². The SMILES string of the molecule is C1CCC(C2=NC(C3CCCCC3)CO2)CC1.[Br-].[Br-].[Pd+2]. The number of nitrogens with zero attached hydrogens (tertiary/aromatic N) is 1. The molecule has 0 aromatic carbocycles. The number of ether oxygens (including phenoxy) is 1. The van der Waals surface area contributed by atoms with Gasteiger partial charge in [-0.2, -0.15) is 0 Å². The van der Waals surface area contributed by atoms with Crippen LogP contribution in [0.2, 0.25) is 0 Å². The average molecular weight is 502 g/mol. The molecule has 3 aliphatic rings. The van der Waals surface area contributed by atoms with Gasteiger partial charge in [0.1, 0.15) is 6.61 Å². The fourth-order valence-corrected chi connectivity index (χ4v) is 3.74. The maximum Gasteiger partial charge on any atom is 2.00 e. The smallest absolute Gasteiger partial charge is 1.00 e. The van der Waals surface area contributed by atoms with Gasteiger partial charge in [-0.25, -0.2) is 4.99 Å². The second-order valence-electron chi connectivity index (χ2n) is 6.08. The third-order valence-electron chi connectivity index (χ3n) is 4.84. The number of aliphatic imine (C=N–C) groups is 1. The van der Waals surface area contributed by atoms with Gasteiger partial charge in [-0.1, -0.05) is 38.5 Å². The molecule has 5 heteroatoms. The summed E-state index contributed by atoms with van der Waals surface area (Å²) in [6.07, 6.45) is 13.8. The molecule has 0 aromatic rings. The van der Waals surface area contributed by atoms with Crippen LogP contribution in [0, 0.1) is 11.8 Å². The maximum atomic E-state index is 5.91. The van der Waals surface area contributed by atoms with Crippen LogP contribution < -0.4 is 34.0 Å². The van der Waals surface area contributed by atoms with Gasteiger partial charge in [-0.15, -0.1) is 0 Å². The first-order valence-corrected chi connectivity index (χ1v) is 7.64. The first-order chi connectivity index (χ1) is 8.43. The summed E-state index contributed by atoms with van der Waals surface area (Å²) in [5.41, 5.74) is 0. The predicted molar refractivity (Wildman–Crippen MR) is 70.3 cm³/mol. The van der Waals surface area contributed by atoms with Gasteiger partial charge in [0.25, 0.3) is 0 Å². The minimum absolute atomic E-state index is 0. The first-order valence-electron chi connectivity index (χ1n) is 7.64. The zero-order chi connectivity index (χ0) is 11.5. The summed E-state index contributed by atoms with van der Waals surface area (Å²) in [5, 5.41) is 0. The Kier molecular flexibility index (Phi) is 11.3. The van der Waals surface area contributed by atoms with E-state index in [0.717, 1.165) is 18.4 Å². The summed E-state index contributed by atoms with van der Waals surface area (Å²) < 4.78 is 5.91. The molecule has 0 saturated heterocycles. The van der Waals surface area contributed by atoms with Gasteiger partial charge in [0.15, 0.2) is 5.90 Å². The van der Waals surface area contributed by atoms with Gasteiger partial charge in [-0.3, -0.25) is 0 Å². The monoisotopic (exact) mass is 499 g/mol. The molecule has 0 radical (unpaired) electrons. The molecule has 1 heterocycles. The van der Waals surface area contributed by atoms with Crippen LogP contribution in [0.5, 0.6) is 0 Å². The van der Waals surface area contributed by atoms with Crippen LogP contribution in [-0.4, -0.2) is 18.5 Å². The van der Waals surface area contributed by atoms with Crippen molar-refractivity contribution in [1.82, 2.24) is 0 Å². The molecule has 2 aliphatic carbocycles. The number of hydrogen-bond acceptors (Lipinski definition) is 2. The second kappa shape index (κ2) is 10.8. The quantitative estimate of drug-likeness (QED) is 0.400. The van der Waals surface area contributed by atoms with Gasteiger partial charge in [-0.05, 0) is 31.6 Å². The molecule has 1 atom stereocenters. The van der Waals surface area contributed by atoms with E-state index in [9.17, 15) is 0 Å². The molecular weight excluding hydrogens is 476 g/mol. The van der Waals surface area contributed by atoms with Gasteiger partial charge in [0, 0.05) is 5.92 Å². The fraction of sp³-hybridized carbons (Fsp3) is 0.933. The van der Waals surface area contributed by atoms with Crippen LogP contribution in [0.15, 0.2) is 4.99 Å². The average Bonchev–Trinajstić information content (AvgIpc) is 2.90. The zero-order valence-corrected chi connectivity index (χ0v) is 16.7. The zero-order valence-electron chi connectivity index (χ0n) is 11.9. The standard InChI is InChI=1S/C15H25NO.2BrH.Pd/c1-3-7-12(8-4-1)14-11-17-15(16-14)13-9-5-2-6-10-13;;;/h12-14H,1-11H2;2*1H;/q;;;+2/p-2. The molecule has 0 aromatic heterocycles. The second-order valence-corrected chi connectivity index (χ2v) is 6.08. The molecule has 2 fully saturated rings. The van der Waals surface area contributed by atoms with E-state index < -0.39 is 0 Å². The van der Waals surface area contributed by atoms with Crippen molar-refractivity contribution in [1.29, 1.82) is 0 Å². The van der Waals surface area contributed by atoms with Gasteiger partial charge < -0.3 is 38.7 Å². The molecule has 120 valence electrons. The summed E-state index contributed by atoms with van der Waals surface area (Å²) >= 11 is 0. The van der Waals surface area contributed by atoms with Crippen molar-refractivity contribution in [3.63, 3.8) is 0 Å². The molecule has 0 bridgehead atoms. The van der Waals surface area contributed by atoms with Crippen molar-refractivity contribution in [3.05, 3.63) is 0 Å². The largest absolute Gasteiger partial charge is 2.00 e. The fourth-order valence-electron chi connectivity index (χ4n) is 3.74. The Bertz CT molecular complexity index is 290. The predicted octanol–water partition coefficient (Wildman–Crippen LogP) is -2.05.